The van der Waals surface area contributed by atoms with Crippen LogP contribution < -0.4 is 0 Å². The van der Waals surface area contributed by atoms with E-state index in [4.69, 9.17) is 4.74 Å². The lowest BCUT2D eigenvalue weighted by atomic mass is 9.94. The molecule has 0 aliphatic carbocycles. The molecule has 1 amide bonds. The fourth-order valence-electron chi connectivity index (χ4n) is 1.97. The first kappa shape index (κ1) is 15.9. The average Bonchev–Trinajstić information content (AvgIpc) is 2.79. The quantitative estimate of drug-likeness (QED) is 0.495. The third-order valence-electron chi connectivity index (χ3n) is 2.71. The summed E-state index contributed by atoms with van der Waals surface area (Å²) in [7, 11) is 0. The number of hydrogen-bond acceptors (Lipinski definition) is 3. The standard InChI is InChI=1S/C12H13I2NO3/c1-2-18-11(16)15-9-3-4-10(15)12(17,5-7-13)6-8-14/h10,17H,2-4,9H2,1H3. The molecule has 1 atom stereocenters. The second-order valence-corrected chi connectivity index (χ2v) is 4.83. The van der Waals surface area contributed by atoms with Crippen LogP contribution >= 0.6 is 45.2 Å². The minimum absolute atomic E-state index is 0.316. The van der Waals surface area contributed by atoms with Crippen molar-refractivity contribution in [3.05, 3.63) is 0 Å². The van der Waals surface area contributed by atoms with Gasteiger partial charge in [0, 0.05) is 51.7 Å². The van der Waals surface area contributed by atoms with E-state index >= 15 is 0 Å². The van der Waals surface area contributed by atoms with Crippen molar-refractivity contribution >= 4 is 51.3 Å². The molecule has 0 aromatic heterocycles. The van der Waals surface area contributed by atoms with Crippen LogP contribution in [0, 0.1) is 19.7 Å². The van der Waals surface area contributed by atoms with Gasteiger partial charge in [0.25, 0.3) is 0 Å². The number of amides is 1. The number of likely N-dealkylation sites (tertiary alicyclic amines) is 1. The van der Waals surface area contributed by atoms with E-state index in [1.54, 1.807) is 6.92 Å². The van der Waals surface area contributed by atoms with Crippen LogP contribution in [-0.2, 0) is 4.74 Å². The van der Waals surface area contributed by atoms with E-state index in [-0.39, 0.29) is 0 Å². The van der Waals surface area contributed by atoms with Gasteiger partial charge in [-0.3, -0.25) is 0 Å². The zero-order chi connectivity index (χ0) is 13.6. The molecular weight excluding hydrogens is 460 g/mol. The zero-order valence-electron chi connectivity index (χ0n) is 9.87. The van der Waals surface area contributed by atoms with E-state index in [0.29, 0.717) is 19.6 Å². The van der Waals surface area contributed by atoms with Crippen LogP contribution in [0.2, 0.25) is 0 Å². The number of hydrogen-bond donors (Lipinski definition) is 1. The fraction of sp³-hybridized carbons (Fsp3) is 0.583. The van der Waals surface area contributed by atoms with Crippen molar-refractivity contribution in [1.29, 1.82) is 0 Å². The van der Waals surface area contributed by atoms with Crippen molar-refractivity contribution in [1.82, 2.24) is 4.90 Å². The Bertz CT molecular complexity index is 410. The molecule has 0 bridgehead atoms. The molecule has 0 aromatic rings. The summed E-state index contributed by atoms with van der Waals surface area (Å²) in [5.74, 6) is 5.39. The topological polar surface area (TPSA) is 49.8 Å². The highest BCUT2D eigenvalue weighted by Crippen LogP contribution is 2.27. The van der Waals surface area contributed by atoms with Crippen molar-refractivity contribution < 1.29 is 14.6 Å². The Balaban J connectivity index is 2.98. The van der Waals surface area contributed by atoms with E-state index in [0.717, 1.165) is 6.42 Å². The third-order valence-corrected chi connectivity index (χ3v) is 3.25. The second-order valence-electron chi connectivity index (χ2n) is 3.76. The maximum atomic E-state index is 11.8. The molecular formula is C12H13I2NO3. The first-order valence-electron chi connectivity index (χ1n) is 5.50. The van der Waals surface area contributed by atoms with Crippen LogP contribution in [0.1, 0.15) is 19.8 Å². The summed E-state index contributed by atoms with van der Waals surface area (Å²) in [4.78, 5) is 13.3. The third kappa shape index (κ3) is 3.65. The van der Waals surface area contributed by atoms with Crippen molar-refractivity contribution in [2.24, 2.45) is 0 Å². The van der Waals surface area contributed by atoms with E-state index in [9.17, 15) is 9.90 Å². The number of halogens is 2. The molecule has 1 aliphatic rings. The van der Waals surface area contributed by atoms with Gasteiger partial charge in [-0.25, -0.2) is 4.79 Å². The predicted molar refractivity (Wildman–Crippen MR) is 85.3 cm³/mol. The number of carbonyl (C=O) groups excluding carboxylic acids is 1. The van der Waals surface area contributed by atoms with Gasteiger partial charge in [-0.05, 0) is 39.5 Å². The fourth-order valence-corrected chi connectivity index (χ4v) is 2.79. The van der Waals surface area contributed by atoms with Gasteiger partial charge < -0.3 is 14.7 Å². The number of rotatable bonds is 2. The molecule has 1 heterocycles. The Labute approximate surface area is 134 Å². The highest BCUT2D eigenvalue weighted by Gasteiger charge is 2.43. The van der Waals surface area contributed by atoms with Gasteiger partial charge in [-0.1, -0.05) is 0 Å². The van der Waals surface area contributed by atoms with Crippen LogP contribution in [0.3, 0.4) is 0 Å². The van der Waals surface area contributed by atoms with Crippen molar-refractivity contribution in [2.45, 2.75) is 31.4 Å². The van der Waals surface area contributed by atoms with Gasteiger partial charge >= 0.3 is 6.09 Å². The molecule has 1 saturated heterocycles. The number of aliphatic hydroxyl groups is 1. The Hall–Kier alpha value is -0.190. The van der Waals surface area contributed by atoms with Crippen LogP contribution in [0.15, 0.2) is 0 Å². The van der Waals surface area contributed by atoms with Crippen LogP contribution in [0.4, 0.5) is 4.79 Å². The summed E-state index contributed by atoms with van der Waals surface area (Å²) in [6, 6.07) is -0.430. The summed E-state index contributed by atoms with van der Waals surface area (Å²) in [5.41, 5.74) is -1.48. The molecule has 18 heavy (non-hydrogen) atoms. The Morgan fingerprint density at radius 1 is 1.50 bits per heavy atom. The first-order valence-corrected chi connectivity index (χ1v) is 7.66. The maximum absolute atomic E-state index is 11.8. The number of carbonyl (C=O) groups is 1. The molecule has 1 rings (SSSR count). The molecule has 0 radical (unpaired) electrons. The lowest BCUT2D eigenvalue weighted by molar-refractivity contribution is 0.0458. The number of ether oxygens (including phenoxy) is 1. The lowest BCUT2D eigenvalue weighted by Gasteiger charge is -2.31. The van der Waals surface area contributed by atoms with Crippen molar-refractivity contribution in [2.75, 3.05) is 13.2 Å². The van der Waals surface area contributed by atoms with Gasteiger partial charge in [0.15, 0.2) is 0 Å². The summed E-state index contributed by atoms with van der Waals surface area (Å²) in [5, 5.41) is 10.5. The van der Waals surface area contributed by atoms with Gasteiger partial charge in [0.2, 0.25) is 5.60 Å². The molecule has 1 aliphatic heterocycles. The second kappa shape index (κ2) is 7.41. The predicted octanol–water partition coefficient (Wildman–Crippen LogP) is 2.13. The van der Waals surface area contributed by atoms with Crippen LogP contribution in [-0.4, -0.2) is 40.9 Å². The van der Waals surface area contributed by atoms with E-state index in [2.05, 4.69) is 19.7 Å². The molecule has 6 heteroatoms. The van der Waals surface area contributed by atoms with Gasteiger partial charge in [0.1, 0.15) is 0 Å². The Morgan fingerprint density at radius 3 is 2.61 bits per heavy atom. The molecule has 0 aromatic carbocycles. The van der Waals surface area contributed by atoms with Gasteiger partial charge in [0.05, 0.1) is 12.6 Å². The van der Waals surface area contributed by atoms with E-state index in [1.807, 2.05) is 45.2 Å². The van der Waals surface area contributed by atoms with Crippen LogP contribution in [0.25, 0.3) is 0 Å². The van der Waals surface area contributed by atoms with Crippen LogP contribution in [0.5, 0.6) is 0 Å². The SMILES string of the molecule is CCOC(=O)N1CCCC1C(O)(C#CI)C#CI. The summed E-state index contributed by atoms with van der Waals surface area (Å²) >= 11 is 3.71. The minimum Gasteiger partial charge on any atom is -0.450 e. The molecule has 1 N–H and O–H groups in total. The molecule has 0 saturated carbocycles. The minimum atomic E-state index is -1.48. The van der Waals surface area contributed by atoms with Gasteiger partial charge in [-0.2, -0.15) is 0 Å². The smallest absolute Gasteiger partial charge is 0.410 e. The summed E-state index contributed by atoms with van der Waals surface area (Å²) in [6.45, 7) is 2.64. The molecule has 98 valence electrons. The van der Waals surface area contributed by atoms with Gasteiger partial charge in [-0.15, -0.1) is 0 Å². The average molecular weight is 473 g/mol. The van der Waals surface area contributed by atoms with Crippen molar-refractivity contribution in [3.63, 3.8) is 0 Å². The summed E-state index contributed by atoms with van der Waals surface area (Å²) < 4.78 is 10.3. The van der Waals surface area contributed by atoms with Crippen molar-refractivity contribution in [3.8, 4) is 19.7 Å². The first-order chi connectivity index (χ1) is 8.59. The van der Waals surface area contributed by atoms with E-state index < -0.39 is 17.7 Å². The Kier molecular flexibility index (Phi) is 6.53. The normalized spacial score (nSPS) is 18.4. The molecule has 1 fully saturated rings. The highest BCUT2D eigenvalue weighted by atomic mass is 127. The maximum Gasteiger partial charge on any atom is 0.410 e. The monoisotopic (exact) mass is 473 g/mol. The Morgan fingerprint density at radius 2 is 2.11 bits per heavy atom. The lowest BCUT2D eigenvalue weighted by Crippen LogP contribution is -2.50. The zero-order valence-corrected chi connectivity index (χ0v) is 14.2. The number of nitrogens with zero attached hydrogens (tertiary/aromatic N) is 1. The van der Waals surface area contributed by atoms with E-state index in [1.165, 1.54) is 4.90 Å². The largest absolute Gasteiger partial charge is 0.450 e. The summed E-state index contributed by atoms with van der Waals surface area (Å²) in [6.07, 6.45) is 1.08. The molecule has 4 nitrogen and oxygen atoms in total. The molecule has 0 spiro atoms. The molecule has 1 unspecified atom stereocenters. The highest BCUT2D eigenvalue weighted by molar-refractivity contribution is 14.1.